The topological polar surface area (TPSA) is 78.4 Å². The summed E-state index contributed by atoms with van der Waals surface area (Å²) in [7, 11) is 0. The number of anilines is 1. The van der Waals surface area contributed by atoms with Crippen LogP contribution in [0.3, 0.4) is 0 Å². The lowest BCUT2D eigenvalue weighted by Crippen LogP contribution is -2.26. The van der Waals surface area contributed by atoms with Gasteiger partial charge in [-0.25, -0.2) is 9.18 Å². The highest BCUT2D eigenvalue weighted by atomic mass is 19.1. The van der Waals surface area contributed by atoms with Gasteiger partial charge in [0.2, 0.25) is 0 Å². The summed E-state index contributed by atoms with van der Waals surface area (Å²) < 4.78 is 13.9. The van der Waals surface area contributed by atoms with Gasteiger partial charge in [-0.05, 0) is 30.2 Å². The number of carbonyl (C=O) groups is 2. The SMILES string of the molecule is C=C1C=C(C(=O)O)Nc2c(F)ccc(C(=O)NCCC)c21.CC. The zero-order valence-corrected chi connectivity index (χ0v) is 13.5. The Labute approximate surface area is 134 Å². The molecular weight excluding hydrogens is 299 g/mol. The normalized spacial score (nSPS) is 12.2. The molecule has 1 heterocycles. The molecule has 0 spiro atoms. The number of hydrogen-bond acceptors (Lipinski definition) is 3. The van der Waals surface area contributed by atoms with Crippen LogP contribution >= 0.6 is 0 Å². The molecule has 124 valence electrons. The van der Waals surface area contributed by atoms with Crippen molar-refractivity contribution in [1.82, 2.24) is 5.32 Å². The first-order valence-electron chi connectivity index (χ1n) is 7.47. The maximum absolute atomic E-state index is 13.9. The van der Waals surface area contributed by atoms with E-state index in [0.717, 1.165) is 12.5 Å². The molecule has 1 aliphatic rings. The molecule has 1 aromatic rings. The van der Waals surface area contributed by atoms with E-state index in [4.69, 9.17) is 5.11 Å². The van der Waals surface area contributed by atoms with E-state index in [1.54, 1.807) is 0 Å². The van der Waals surface area contributed by atoms with Gasteiger partial charge in [-0.1, -0.05) is 27.4 Å². The van der Waals surface area contributed by atoms with Crippen LogP contribution < -0.4 is 10.6 Å². The Morgan fingerprint density at radius 3 is 2.57 bits per heavy atom. The van der Waals surface area contributed by atoms with Crippen LogP contribution in [0, 0.1) is 5.82 Å². The van der Waals surface area contributed by atoms with Crippen LogP contribution in [0.5, 0.6) is 0 Å². The third-order valence-corrected chi connectivity index (χ3v) is 3.06. The Morgan fingerprint density at radius 1 is 1.35 bits per heavy atom. The van der Waals surface area contributed by atoms with Gasteiger partial charge in [0.25, 0.3) is 5.91 Å². The first kappa shape index (κ1) is 18.4. The van der Waals surface area contributed by atoms with E-state index >= 15 is 0 Å². The Bertz CT molecular complexity index is 666. The lowest BCUT2D eigenvalue weighted by atomic mass is 9.94. The van der Waals surface area contributed by atoms with Crippen molar-refractivity contribution in [2.75, 3.05) is 11.9 Å². The fourth-order valence-corrected chi connectivity index (χ4v) is 2.09. The van der Waals surface area contributed by atoms with Crippen molar-refractivity contribution in [3.63, 3.8) is 0 Å². The summed E-state index contributed by atoms with van der Waals surface area (Å²) in [5.41, 5.74) is 0.607. The molecule has 0 aromatic heterocycles. The van der Waals surface area contributed by atoms with Gasteiger partial charge >= 0.3 is 5.97 Å². The minimum Gasteiger partial charge on any atom is -0.477 e. The molecule has 0 bridgehead atoms. The van der Waals surface area contributed by atoms with Crippen molar-refractivity contribution in [2.24, 2.45) is 0 Å². The average Bonchev–Trinajstić information content (AvgIpc) is 2.55. The molecule has 5 nitrogen and oxygen atoms in total. The maximum Gasteiger partial charge on any atom is 0.352 e. The number of nitrogens with one attached hydrogen (secondary N) is 2. The Balaban J connectivity index is 0.00000127. The van der Waals surface area contributed by atoms with Crippen LogP contribution in [-0.4, -0.2) is 23.5 Å². The van der Waals surface area contributed by atoms with E-state index in [1.165, 1.54) is 12.1 Å². The summed E-state index contributed by atoms with van der Waals surface area (Å²) in [5, 5.41) is 14.2. The molecule has 1 aliphatic heterocycles. The number of benzene rings is 1. The van der Waals surface area contributed by atoms with Gasteiger partial charge in [0, 0.05) is 17.7 Å². The highest BCUT2D eigenvalue weighted by molar-refractivity contribution is 6.06. The number of carboxylic acids is 1. The molecule has 0 aliphatic carbocycles. The van der Waals surface area contributed by atoms with Gasteiger partial charge in [0.1, 0.15) is 11.5 Å². The molecule has 23 heavy (non-hydrogen) atoms. The average molecular weight is 320 g/mol. The van der Waals surface area contributed by atoms with Crippen LogP contribution in [0.25, 0.3) is 5.57 Å². The molecule has 0 unspecified atom stereocenters. The predicted molar refractivity (Wildman–Crippen MR) is 88.7 cm³/mol. The first-order chi connectivity index (χ1) is 11.0. The van der Waals surface area contributed by atoms with Gasteiger partial charge in [-0.15, -0.1) is 0 Å². The van der Waals surface area contributed by atoms with Crippen LogP contribution in [0.15, 0.2) is 30.5 Å². The van der Waals surface area contributed by atoms with Crippen molar-refractivity contribution in [3.8, 4) is 0 Å². The second-order valence-corrected chi connectivity index (χ2v) is 4.61. The zero-order chi connectivity index (χ0) is 17.6. The first-order valence-corrected chi connectivity index (χ1v) is 7.47. The molecule has 0 atom stereocenters. The van der Waals surface area contributed by atoms with E-state index < -0.39 is 11.8 Å². The number of hydrogen-bond donors (Lipinski definition) is 3. The van der Waals surface area contributed by atoms with Crippen molar-refractivity contribution in [2.45, 2.75) is 27.2 Å². The van der Waals surface area contributed by atoms with Crippen molar-refractivity contribution >= 4 is 23.1 Å². The summed E-state index contributed by atoms with van der Waals surface area (Å²) in [6.07, 6.45) is 2.05. The van der Waals surface area contributed by atoms with Gasteiger partial charge in [0.05, 0.1) is 5.69 Å². The maximum atomic E-state index is 13.9. The molecule has 0 fully saturated rings. The third-order valence-electron chi connectivity index (χ3n) is 3.06. The fourth-order valence-electron chi connectivity index (χ4n) is 2.09. The monoisotopic (exact) mass is 320 g/mol. The molecule has 3 N–H and O–H groups in total. The minimum atomic E-state index is -1.22. The van der Waals surface area contributed by atoms with E-state index in [9.17, 15) is 14.0 Å². The number of amides is 1. The molecular formula is C17H21FN2O3. The number of rotatable bonds is 4. The summed E-state index contributed by atoms with van der Waals surface area (Å²) in [6, 6.07) is 2.50. The molecule has 1 amide bonds. The number of allylic oxidation sites excluding steroid dienone is 2. The number of fused-ring (bicyclic) bond motifs is 1. The minimum absolute atomic E-state index is 0.0379. The molecule has 1 aromatic carbocycles. The molecule has 0 radical (unpaired) electrons. The molecule has 2 rings (SSSR count). The van der Waals surface area contributed by atoms with E-state index in [1.807, 2.05) is 20.8 Å². The van der Waals surface area contributed by atoms with E-state index in [0.29, 0.717) is 6.54 Å². The van der Waals surface area contributed by atoms with Gasteiger partial charge < -0.3 is 15.7 Å². The second kappa shape index (κ2) is 8.12. The Morgan fingerprint density at radius 2 is 2.00 bits per heavy atom. The molecule has 0 saturated carbocycles. The van der Waals surface area contributed by atoms with Gasteiger partial charge in [-0.3, -0.25) is 4.79 Å². The van der Waals surface area contributed by atoms with Crippen LogP contribution in [-0.2, 0) is 4.79 Å². The zero-order valence-electron chi connectivity index (χ0n) is 13.5. The smallest absolute Gasteiger partial charge is 0.352 e. The molecule has 6 heteroatoms. The summed E-state index contributed by atoms with van der Waals surface area (Å²) in [6.45, 7) is 10.1. The van der Waals surface area contributed by atoms with Crippen LogP contribution in [0.4, 0.5) is 10.1 Å². The number of carbonyl (C=O) groups excluding carboxylic acids is 1. The largest absolute Gasteiger partial charge is 0.477 e. The standard InChI is InChI=1S/C15H15FN2O3.C2H6/c1-3-6-17-14(19)9-4-5-10(16)13-12(9)8(2)7-11(18-13)15(20)21;1-2/h4-5,7,18H,2-3,6H2,1H3,(H,17,19)(H,20,21);1-2H3. The summed E-state index contributed by atoms with van der Waals surface area (Å²) in [4.78, 5) is 23.1. The fraction of sp³-hybridized carbons (Fsp3) is 0.294. The lowest BCUT2D eigenvalue weighted by Gasteiger charge is -2.21. The number of aliphatic carboxylic acids is 1. The van der Waals surface area contributed by atoms with Crippen LogP contribution in [0.1, 0.15) is 43.1 Å². The van der Waals surface area contributed by atoms with Gasteiger partial charge in [0.15, 0.2) is 0 Å². The van der Waals surface area contributed by atoms with E-state index in [2.05, 4.69) is 17.2 Å². The predicted octanol–water partition coefficient (Wildman–Crippen LogP) is 3.40. The third kappa shape index (κ3) is 3.97. The van der Waals surface area contributed by atoms with Gasteiger partial charge in [-0.2, -0.15) is 0 Å². The van der Waals surface area contributed by atoms with Crippen molar-refractivity contribution in [1.29, 1.82) is 0 Å². The highest BCUT2D eigenvalue weighted by Gasteiger charge is 2.25. The number of halogens is 1. The van der Waals surface area contributed by atoms with Crippen molar-refractivity contribution < 1.29 is 19.1 Å². The highest BCUT2D eigenvalue weighted by Crippen LogP contribution is 2.35. The van der Waals surface area contributed by atoms with Crippen molar-refractivity contribution in [3.05, 3.63) is 47.4 Å². The summed E-state index contributed by atoms with van der Waals surface area (Å²) in [5.74, 6) is -2.20. The summed E-state index contributed by atoms with van der Waals surface area (Å²) >= 11 is 0. The lowest BCUT2D eigenvalue weighted by molar-refractivity contribution is -0.132. The molecule has 0 saturated heterocycles. The van der Waals surface area contributed by atoms with E-state index in [-0.39, 0.29) is 34.0 Å². The quantitative estimate of drug-likeness (QED) is 0.794. The number of carboxylic acid groups (broad SMARTS) is 1. The Hall–Kier alpha value is -2.63. The van der Waals surface area contributed by atoms with Crippen LogP contribution in [0.2, 0.25) is 0 Å². The Kier molecular flexibility index (Phi) is 6.50. The second-order valence-electron chi connectivity index (χ2n) is 4.61.